The Morgan fingerprint density at radius 2 is 1.90 bits per heavy atom. The van der Waals surface area contributed by atoms with Gasteiger partial charge in [0.25, 0.3) is 5.91 Å². The maximum Gasteiger partial charge on any atom is 0.387 e. The van der Waals surface area contributed by atoms with E-state index in [2.05, 4.69) is 20.1 Å². The molecule has 0 spiro atoms. The number of likely N-dealkylation sites (tertiary alicyclic amines) is 1. The summed E-state index contributed by atoms with van der Waals surface area (Å²) in [6.45, 7) is 7.82. The molecule has 0 radical (unpaired) electrons. The third-order valence-electron chi connectivity index (χ3n) is 8.60. The SMILES string of the molecule is CCOC(=O)C(C)(CN1CCC(C(=O)Nc2ccc(Cl)cc2OC(F)F)(n2nccc2C(C)C)CC1)C1CCOCC1. The lowest BCUT2D eigenvalue weighted by Crippen LogP contribution is -2.57. The number of esters is 1. The van der Waals surface area contributed by atoms with Gasteiger partial charge in [0.05, 0.1) is 17.7 Å². The first-order valence-corrected chi connectivity index (χ1v) is 15.0. The van der Waals surface area contributed by atoms with Crippen molar-refractivity contribution in [2.45, 2.75) is 71.4 Å². The molecule has 3 heterocycles. The van der Waals surface area contributed by atoms with Crippen LogP contribution in [0.1, 0.15) is 65.0 Å². The van der Waals surface area contributed by atoms with Crippen molar-refractivity contribution < 1.29 is 32.6 Å². The van der Waals surface area contributed by atoms with Crippen LogP contribution < -0.4 is 10.1 Å². The molecule has 2 aliphatic rings. The number of hydrogen-bond donors (Lipinski definition) is 1. The Bertz CT molecular complexity index is 1230. The highest BCUT2D eigenvalue weighted by Gasteiger charge is 2.49. The molecule has 2 fully saturated rings. The fourth-order valence-corrected chi connectivity index (χ4v) is 6.37. The molecule has 1 aromatic carbocycles. The van der Waals surface area contributed by atoms with Crippen molar-refractivity contribution >= 4 is 29.2 Å². The van der Waals surface area contributed by atoms with E-state index in [9.17, 15) is 18.4 Å². The first kappa shape index (κ1) is 32.2. The second-order valence-corrected chi connectivity index (χ2v) is 12.1. The number of nitrogens with zero attached hydrogens (tertiary/aromatic N) is 3. The summed E-state index contributed by atoms with van der Waals surface area (Å²) in [4.78, 5) is 29.6. The van der Waals surface area contributed by atoms with Gasteiger partial charge in [-0.25, -0.2) is 0 Å². The van der Waals surface area contributed by atoms with Crippen molar-refractivity contribution in [2.24, 2.45) is 11.3 Å². The zero-order valence-electron chi connectivity index (χ0n) is 24.7. The highest BCUT2D eigenvalue weighted by atomic mass is 35.5. The van der Waals surface area contributed by atoms with Crippen molar-refractivity contribution in [3.05, 3.63) is 41.2 Å². The van der Waals surface area contributed by atoms with Gasteiger partial charge >= 0.3 is 12.6 Å². The number of amides is 1. The predicted molar refractivity (Wildman–Crippen MR) is 155 cm³/mol. The maximum absolute atomic E-state index is 14.2. The lowest BCUT2D eigenvalue weighted by atomic mass is 9.72. The summed E-state index contributed by atoms with van der Waals surface area (Å²) in [5, 5.41) is 7.62. The molecular weight excluding hydrogens is 570 g/mol. The number of benzene rings is 1. The predicted octanol–water partition coefficient (Wildman–Crippen LogP) is 5.69. The molecule has 2 saturated heterocycles. The molecule has 2 aromatic rings. The van der Waals surface area contributed by atoms with Crippen LogP contribution in [0.15, 0.2) is 30.5 Å². The second-order valence-electron chi connectivity index (χ2n) is 11.6. The van der Waals surface area contributed by atoms with Gasteiger partial charge in [-0.3, -0.25) is 14.3 Å². The van der Waals surface area contributed by atoms with Gasteiger partial charge in [0.15, 0.2) is 5.75 Å². The van der Waals surface area contributed by atoms with E-state index in [0.29, 0.717) is 52.3 Å². The number of rotatable bonds is 11. The molecule has 1 unspecified atom stereocenters. The number of carbonyl (C=O) groups excluding carboxylic acids is 2. The highest BCUT2D eigenvalue weighted by molar-refractivity contribution is 6.30. The molecule has 0 bridgehead atoms. The summed E-state index contributed by atoms with van der Waals surface area (Å²) in [7, 11) is 0. The van der Waals surface area contributed by atoms with Gasteiger partial charge < -0.3 is 24.4 Å². The Balaban J connectivity index is 1.61. The number of hydrogen-bond acceptors (Lipinski definition) is 7. The average molecular weight is 611 g/mol. The Kier molecular flexibility index (Phi) is 10.5. The minimum Gasteiger partial charge on any atom is -0.466 e. The Hall–Kier alpha value is -2.76. The third-order valence-corrected chi connectivity index (χ3v) is 8.83. The fourth-order valence-electron chi connectivity index (χ4n) is 6.21. The van der Waals surface area contributed by atoms with Gasteiger partial charge in [-0.05, 0) is 69.6 Å². The fraction of sp³-hybridized carbons (Fsp3) is 0.633. The largest absolute Gasteiger partial charge is 0.466 e. The lowest BCUT2D eigenvalue weighted by Gasteiger charge is -2.46. The molecule has 4 rings (SSSR count). The number of carbonyl (C=O) groups is 2. The molecule has 2 aliphatic heterocycles. The number of piperidine rings is 1. The summed E-state index contributed by atoms with van der Waals surface area (Å²) < 4.78 is 43.8. The van der Waals surface area contributed by atoms with Gasteiger partial charge in [-0.15, -0.1) is 0 Å². The molecule has 0 aliphatic carbocycles. The smallest absolute Gasteiger partial charge is 0.387 e. The van der Waals surface area contributed by atoms with Crippen LogP contribution in [-0.4, -0.2) is 72.6 Å². The molecule has 1 aromatic heterocycles. The summed E-state index contributed by atoms with van der Waals surface area (Å²) in [5.74, 6) is -0.604. The van der Waals surface area contributed by atoms with E-state index in [-0.39, 0.29) is 40.2 Å². The Labute approximate surface area is 250 Å². The van der Waals surface area contributed by atoms with Crippen LogP contribution in [0.25, 0.3) is 0 Å². The zero-order valence-corrected chi connectivity index (χ0v) is 25.5. The van der Waals surface area contributed by atoms with Crippen molar-refractivity contribution in [1.82, 2.24) is 14.7 Å². The Morgan fingerprint density at radius 1 is 1.21 bits per heavy atom. The number of aromatic nitrogens is 2. The number of ether oxygens (including phenoxy) is 3. The zero-order chi connectivity index (χ0) is 30.5. The first-order valence-electron chi connectivity index (χ1n) is 14.6. The first-order chi connectivity index (χ1) is 20.0. The van der Waals surface area contributed by atoms with Gasteiger partial charge in [0.1, 0.15) is 5.54 Å². The maximum atomic E-state index is 14.2. The van der Waals surface area contributed by atoms with Crippen molar-refractivity contribution in [1.29, 1.82) is 0 Å². The van der Waals surface area contributed by atoms with Crippen LogP contribution in [-0.2, 0) is 24.6 Å². The lowest BCUT2D eigenvalue weighted by molar-refractivity contribution is -0.162. The number of alkyl halides is 2. The number of halogens is 3. The average Bonchev–Trinajstić information content (AvgIpc) is 3.46. The van der Waals surface area contributed by atoms with Crippen molar-refractivity contribution in [3.63, 3.8) is 0 Å². The Morgan fingerprint density at radius 3 is 2.52 bits per heavy atom. The van der Waals surface area contributed by atoms with Gasteiger partial charge in [-0.1, -0.05) is 25.4 Å². The number of anilines is 1. The van der Waals surface area contributed by atoms with E-state index < -0.39 is 17.6 Å². The summed E-state index contributed by atoms with van der Waals surface area (Å²) in [6, 6.07) is 6.10. The number of nitrogens with one attached hydrogen (secondary N) is 1. The van der Waals surface area contributed by atoms with Crippen molar-refractivity contribution in [3.8, 4) is 5.75 Å². The molecule has 42 heavy (non-hydrogen) atoms. The van der Waals surface area contributed by atoms with Crippen LogP contribution in [0, 0.1) is 11.3 Å². The quantitative estimate of drug-likeness (QED) is 0.327. The minimum atomic E-state index is -3.08. The van der Waals surface area contributed by atoms with E-state index in [1.165, 1.54) is 18.2 Å². The van der Waals surface area contributed by atoms with E-state index in [1.54, 1.807) is 10.9 Å². The normalized spacial score (nSPS) is 19.5. The molecule has 232 valence electrons. The van der Waals surface area contributed by atoms with Crippen LogP contribution >= 0.6 is 11.6 Å². The molecule has 12 heteroatoms. The van der Waals surface area contributed by atoms with Crippen molar-refractivity contribution in [2.75, 3.05) is 44.8 Å². The summed E-state index contributed by atoms with van der Waals surface area (Å²) >= 11 is 6.02. The topological polar surface area (TPSA) is 94.9 Å². The summed E-state index contributed by atoms with van der Waals surface area (Å²) in [5.41, 5.74) is -0.835. The highest BCUT2D eigenvalue weighted by Crippen LogP contribution is 2.41. The molecule has 9 nitrogen and oxygen atoms in total. The molecular formula is C30H41ClF2N4O5. The third kappa shape index (κ3) is 6.89. The summed E-state index contributed by atoms with van der Waals surface area (Å²) in [6.07, 6.45) is 4.03. The second kappa shape index (κ2) is 13.7. The van der Waals surface area contributed by atoms with Crippen LogP contribution in [0.5, 0.6) is 5.75 Å². The van der Waals surface area contributed by atoms with E-state index in [4.69, 9.17) is 21.1 Å². The molecule has 0 saturated carbocycles. The van der Waals surface area contributed by atoms with E-state index >= 15 is 0 Å². The van der Waals surface area contributed by atoms with Gasteiger partial charge in [0.2, 0.25) is 0 Å². The molecule has 1 amide bonds. The van der Waals surface area contributed by atoms with Crippen LogP contribution in [0.2, 0.25) is 5.02 Å². The van der Waals surface area contributed by atoms with Crippen LogP contribution in [0.3, 0.4) is 0 Å². The molecule has 1 N–H and O–H groups in total. The van der Waals surface area contributed by atoms with Gasteiger partial charge in [-0.2, -0.15) is 13.9 Å². The van der Waals surface area contributed by atoms with Crippen LogP contribution in [0.4, 0.5) is 14.5 Å². The molecule has 1 atom stereocenters. The van der Waals surface area contributed by atoms with Gasteiger partial charge in [0, 0.05) is 55.8 Å². The van der Waals surface area contributed by atoms with E-state index in [0.717, 1.165) is 18.5 Å². The monoisotopic (exact) mass is 610 g/mol. The minimum absolute atomic E-state index is 0.0871. The standard InChI is InChI=1S/C30H41ClF2N4O5/c1-5-41-27(39)29(4,21-9-16-40-17-10-21)19-36-14-11-30(12-15-36,37-24(20(2)3)8-13-34-37)26(38)35-23-7-6-22(31)18-25(23)42-28(32)33/h6-8,13,18,20-21,28H,5,9-12,14-17,19H2,1-4H3,(H,35,38). The van der Waals surface area contributed by atoms with E-state index in [1.807, 2.05) is 33.8 Å².